The first kappa shape index (κ1) is 12.9. The van der Waals surface area contributed by atoms with Crippen LogP contribution in [0.5, 0.6) is 0 Å². The number of halogens is 2. The standard InChI is InChI=1S/C13H12ClFN2O/c1-7-10(8(2)18)6-16-13(17-7)9-3-4-12(15)11(14)5-9/h3-6,8,18H,1-2H3/t8-/m1/s1. The van der Waals surface area contributed by atoms with Crippen LogP contribution in [0.3, 0.4) is 0 Å². The van der Waals surface area contributed by atoms with Gasteiger partial charge in [-0.3, -0.25) is 0 Å². The minimum absolute atomic E-state index is 0.0355. The molecule has 1 aromatic heterocycles. The molecule has 0 fully saturated rings. The maximum atomic E-state index is 13.1. The summed E-state index contributed by atoms with van der Waals surface area (Å²) in [6, 6.07) is 4.32. The van der Waals surface area contributed by atoms with Crippen molar-refractivity contribution in [3.63, 3.8) is 0 Å². The Morgan fingerprint density at radius 2 is 2.11 bits per heavy atom. The Bertz CT molecular complexity index is 587. The van der Waals surface area contributed by atoms with Crippen molar-refractivity contribution in [1.82, 2.24) is 9.97 Å². The van der Waals surface area contributed by atoms with Gasteiger partial charge in [0.2, 0.25) is 0 Å². The van der Waals surface area contributed by atoms with Crippen LogP contribution in [0, 0.1) is 12.7 Å². The van der Waals surface area contributed by atoms with Gasteiger partial charge in [0.15, 0.2) is 5.82 Å². The van der Waals surface area contributed by atoms with Gasteiger partial charge >= 0.3 is 0 Å². The van der Waals surface area contributed by atoms with Gasteiger partial charge < -0.3 is 5.11 Å². The van der Waals surface area contributed by atoms with Gasteiger partial charge in [-0.15, -0.1) is 0 Å². The number of aliphatic hydroxyl groups excluding tert-OH is 1. The lowest BCUT2D eigenvalue weighted by atomic mass is 10.1. The highest BCUT2D eigenvalue weighted by Gasteiger charge is 2.10. The fraction of sp³-hybridized carbons (Fsp3) is 0.231. The van der Waals surface area contributed by atoms with Crippen molar-refractivity contribution >= 4 is 11.6 Å². The summed E-state index contributed by atoms with van der Waals surface area (Å²) < 4.78 is 13.1. The maximum absolute atomic E-state index is 13.1. The SMILES string of the molecule is Cc1nc(-c2ccc(F)c(Cl)c2)ncc1[C@@H](C)O. The van der Waals surface area contributed by atoms with Gasteiger partial charge in [0.25, 0.3) is 0 Å². The molecule has 0 bridgehead atoms. The van der Waals surface area contributed by atoms with Crippen LogP contribution in [-0.2, 0) is 0 Å². The summed E-state index contributed by atoms with van der Waals surface area (Å²) >= 11 is 5.71. The molecular weight excluding hydrogens is 255 g/mol. The molecule has 2 rings (SSSR count). The Balaban J connectivity index is 2.45. The highest BCUT2D eigenvalue weighted by molar-refractivity contribution is 6.31. The van der Waals surface area contributed by atoms with Crippen LogP contribution >= 0.6 is 11.6 Å². The second-order valence-electron chi connectivity index (χ2n) is 4.04. The van der Waals surface area contributed by atoms with E-state index in [0.29, 0.717) is 22.6 Å². The van der Waals surface area contributed by atoms with Crippen molar-refractivity contribution in [2.45, 2.75) is 20.0 Å². The van der Waals surface area contributed by atoms with E-state index in [2.05, 4.69) is 9.97 Å². The first-order valence-electron chi connectivity index (χ1n) is 5.46. The number of nitrogens with zero attached hydrogens (tertiary/aromatic N) is 2. The van der Waals surface area contributed by atoms with E-state index in [9.17, 15) is 9.50 Å². The third-order valence-electron chi connectivity index (χ3n) is 2.65. The molecule has 94 valence electrons. The molecule has 0 amide bonds. The van der Waals surface area contributed by atoms with Crippen LogP contribution in [0.2, 0.25) is 5.02 Å². The van der Waals surface area contributed by atoms with Gasteiger partial charge in [-0.2, -0.15) is 0 Å². The summed E-state index contributed by atoms with van der Waals surface area (Å²) in [7, 11) is 0. The molecule has 2 aromatic rings. The predicted octanol–water partition coefficient (Wildman–Crippen LogP) is 3.30. The number of aliphatic hydroxyl groups is 1. The average molecular weight is 267 g/mol. The Labute approximate surface area is 109 Å². The lowest BCUT2D eigenvalue weighted by Gasteiger charge is -2.09. The number of rotatable bonds is 2. The molecule has 1 atom stereocenters. The van der Waals surface area contributed by atoms with E-state index in [0.717, 1.165) is 0 Å². The lowest BCUT2D eigenvalue weighted by Crippen LogP contribution is -2.01. The van der Waals surface area contributed by atoms with Crippen LogP contribution in [0.15, 0.2) is 24.4 Å². The number of aryl methyl sites for hydroxylation is 1. The molecule has 18 heavy (non-hydrogen) atoms. The quantitative estimate of drug-likeness (QED) is 0.907. The summed E-state index contributed by atoms with van der Waals surface area (Å²) in [5.74, 6) is -0.0171. The molecule has 0 saturated carbocycles. The first-order valence-corrected chi connectivity index (χ1v) is 5.84. The highest BCUT2D eigenvalue weighted by Crippen LogP contribution is 2.24. The molecule has 1 aromatic carbocycles. The highest BCUT2D eigenvalue weighted by atomic mass is 35.5. The Hall–Kier alpha value is -1.52. The number of benzene rings is 1. The van der Waals surface area contributed by atoms with Crippen molar-refractivity contribution in [2.24, 2.45) is 0 Å². The van der Waals surface area contributed by atoms with Gasteiger partial charge in [-0.25, -0.2) is 14.4 Å². The van der Waals surface area contributed by atoms with Gasteiger partial charge in [0, 0.05) is 23.0 Å². The molecule has 0 saturated heterocycles. The Kier molecular flexibility index (Phi) is 3.59. The number of aromatic nitrogens is 2. The van der Waals surface area contributed by atoms with E-state index in [-0.39, 0.29) is 5.02 Å². The zero-order valence-corrected chi connectivity index (χ0v) is 10.7. The van der Waals surface area contributed by atoms with Crippen molar-refractivity contribution in [3.05, 3.63) is 46.5 Å². The molecule has 3 nitrogen and oxygen atoms in total. The lowest BCUT2D eigenvalue weighted by molar-refractivity contribution is 0.197. The molecule has 0 aliphatic heterocycles. The first-order chi connectivity index (χ1) is 8.49. The van der Waals surface area contributed by atoms with Crippen molar-refractivity contribution in [2.75, 3.05) is 0 Å². The second-order valence-corrected chi connectivity index (χ2v) is 4.45. The fourth-order valence-corrected chi connectivity index (χ4v) is 1.84. The van der Waals surface area contributed by atoms with E-state index in [1.807, 2.05) is 0 Å². The molecular formula is C13H12ClFN2O. The van der Waals surface area contributed by atoms with Crippen molar-refractivity contribution < 1.29 is 9.50 Å². The van der Waals surface area contributed by atoms with Crippen LogP contribution in [0.25, 0.3) is 11.4 Å². The maximum Gasteiger partial charge on any atom is 0.159 e. The summed E-state index contributed by atoms with van der Waals surface area (Å²) in [4.78, 5) is 8.43. The van der Waals surface area contributed by atoms with Crippen LogP contribution in [-0.4, -0.2) is 15.1 Å². The molecule has 1 heterocycles. The summed E-state index contributed by atoms with van der Waals surface area (Å²) in [6.07, 6.45) is 0.954. The minimum Gasteiger partial charge on any atom is -0.389 e. The largest absolute Gasteiger partial charge is 0.389 e. The molecule has 0 aliphatic carbocycles. The van der Waals surface area contributed by atoms with E-state index in [1.165, 1.54) is 12.1 Å². The van der Waals surface area contributed by atoms with Gasteiger partial charge in [0.05, 0.1) is 11.1 Å². The molecule has 0 radical (unpaired) electrons. The third-order valence-corrected chi connectivity index (χ3v) is 2.93. The van der Waals surface area contributed by atoms with Gasteiger partial charge in [0.1, 0.15) is 5.82 Å². The van der Waals surface area contributed by atoms with Crippen molar-refractivity contribution in [3.8, 4) is 11.4 Å². The molecule has 1 N–H and O–H groups in total. The van der Waals surface area contributed by atoms with Crippen LogP contribution in [0.1, 0.15) is 24.3 Å². The van der Waals surface area contributed by atoms with E-state index < -0.39 is 11.9 Å². The van der Waals surface area contributed by atoms with Crippen molar-refractivity contribution in [1.29, 1.82) is 0 Å². The fourth-order valence-electron chi connectivity index (χ4n) is 1.66. The van der Waals surface area contributed by atoms with E-state index >= 15 is 0 Å². The summed E-state index contributed by atoms with van der Waals surface area (Å²) in [5, 5.41) is 9.53. The van der Waals surface area contributed by atoms with Crippen LogP contribution in [0.4, 0.5) is 4.39 Å². The Morgan fingerprint density at radius 1 is 1.39 bits per heavy atom. The van der Waals surface area contributed by atoms with E-state index in [1.54, 1.807) is 26.1 Å². The summed E-state index contributed by atoms with van der Waals surface area (Å²) in [6.45, 7) is 3.44. The minimum atomic E-state index is -0.615. The normalized spacial score (nSPS) is 12.5. The average Bonchev–Trinajstić information content (AvgIpc) is 2.32. The zero-order valence-electron chi connectivity index (χ0n) is 9.98. The Morgan fingerprint density at radius 3 is 2.67 bits per heavy atom. The predicted molar refractivity (Wildman–Crippen MR) is 67.8 cm³/mol. The molecule has 0 unspecified atom stereocenters. The van der Waals surface area contributed by atoms with Gasteiger partial charge in [-0.05, 0) is 32.0 Å². The number of hydrogen-bond acceptors (Lipinski definition) is 3. The second kappa shape index (κ2) is 5.00. The topological polar surface area (TPSA) is 46.0 Å². The zero-order chi connectivity index (χ0) is 13.3. The smallest absolute Gasteiger partial charge is 0.159 e. The molecule has 0 spiro atoms. The molecule has 5 heteroatoms. The van der Waals surface area contributed by atoms with E-state index in [4.69, 9.17) is 11.6 Å². The number of hydrogen-bond donors (Lipinski definition) is 1. The third kappa shape index (κ3) is 2.49. The molecule has 0 aliphatic rings. The van der Waals surface area contributed by atoms with Gasteiger partial charge in [-0.1, -0.05) is 11.6 Å². The van der Waals surface area contributed by atoms with Crippen LogP contribution < -0.4 is 0 Å². The summed E-state index contributed by atoms with van der Waals surface area (Å²) in [5.41, 5.74) is 2.00. The monoisotopic (exact) mass is 266 g/mol.